The zero-order valence-corrected chi connectivity index (χ0v) is 17.5. The largest absolute Gasteiger partial charge is 0.497 e. The molecule has 5 rings (SSSR count). The van der Waals surface area contributed by atoms with Crippen LogP contribution in [0, 0.1) is 0 Å². The Bertz CT molecular complexity index is 975. The fraction of sp³-hybridized carbons (Fsp3) is 0.435. The van der Waals surface area contributed by atoms with Crippen molar-refractivity contribution in [3.8, 4) is 5.75 Å². The van der Waals surface area contributed by atoms with Crippen LogP contribution < -0.4 is 4.74 Å². The van der Waals surface area contributed by atoms with Gasteiger partial charge >= 0.3 is 0 Å². The summed E-state index contributed by atoms with van der Waals surface area (Å²) >= 11 is 0. The normalized spacial score (nSPS) is 25.5. The first-order chi connectivity index (χ1) is 15.0. The Morgan fingerprint density at radius 3 is 2.58 bits per heavy atom. The molecular weight excluding hydrogens is 396 g/mol. The van der Waals surface area contributed by atoms with Gasteiger partial charge in [0.15, 0.2) is 0 Å². The topological polar surface area (TPSA) is 86.2 Å². The third-order valence-corrected chi connectivity index (χ3v) is 6.62. The molecule has 1 N–H and O–H groups in total. The van der Waals surface area contributed by atoms with E-state index in [2.05, 4.69) is 9.88 Å². The fourth-order valence-electron chi connectivity index (χ4n) is 5.11. The average molecular weight is 422 g/mol. The molecule has 8 nitrogen and oxygen atoms in total. The van der Waals surface area contributed by atoms with Crippen molar-refractivity contribution in [3.63, 3.8) is 0 Å². The second kappa shape index (κ2) is 7.71. The molecule has 3 fully saturated rings. The number of likely N-dealkylation sites (tertiary alicyclic amines) is 1. The molecule has 1 aromatic heterocycles. The van der Waals surface area contributed by atoms with E-state index in [1.807, 2.05) is 47.5 Å². The number of amides is 2. The number of pyridine rings is 1. The number of carbonyl (C=O) groups excluding carboxylic acids is 2. The molecule has 4 heterocycles. The number of hydrogen-bond acceptors (Lipinski definition) is 7. The van der Waals surface area contributed by atoms with Gasteiger partial charge in [-0.15, -0.1) is 0 Å². The minimum absolute atomic E-state index is 0.166. The Labute approximate surface area is 181 Å². The molecule has 162 valence electrons. The van der Waals surface area contributed by atoms with Gasteiger partial charge in [-0.25, -0.2) is 0 Å². The molecule has 3 saturated heterocycles. The van der Waals surface area contributed by atoms with Gasteiger partial charge in [-0.3, -0.25) is 29.3 Å². The van der Waals surface area contributed by atoms with Crippen molar-refractivity contribution in [3.05, 3.63) is 59.9 Å². The van der Waals surface area contributed by atoms with E-state index in [4.69, 9.17) is 4.74 Å². The fourth-order valence-corrected chi connectivity index (χ4v) is 5.11. The third kappa shape index (κ3) is 3.40. The lowest BCUT2D eigenvalue weighted by atomic mass is 9.82. The van der Waals surface area contributed by atoms with Gasteiger partial charge in [-0.1, -0.05) is 18.2 Å². The molecule has 2 unspecified atom stereocenters. The number of aliphatic hydroxyl groups excluding tert-OH is 1. The number of aromatic nitrogens is 1. The number of aliphatic hydroxyl groups is 1. The Balaban J connectivity index is 1.38. The number of hydrogen-bond donors (Lipinski definition) is 1. The number of ether oxygens (including phenoxy) is 1. The van der Waals surface area contributed by atoms with E-state index in [0.29, 0.717) is 32.6 Å². The summed E-state index contributed by atoms with van der Waals surface area (Å²) in [5.41, 5.74) is 1.20. The van der Waals surface area contributed by atoms with Crippen LogP contribution >= 0.6 is 0 Å². The second-order valence-electron chi connectivity index (χ2n) is 8.67. The van der Waals surface area contributed by atoms with Crippen molar-refractivity contribution in [2.75, 3.05) is 26.7 Å². The van der Waals surface area contributed by atoms with E-state index in [-0.39, 0.29) is 18.4 Å². The van der Waals surface area contributed by atoms with Gasteiger partial charge in [0, 0.05) is 38.6 Å². The molecule has 1 aromatic carbocycles. The molecule has 1 spiro atoms. The van der Waals surface area contributed by atoms with Crippen LogP contribution in [-0.2, 0) is 22.7 Å². The summed E-state index contributed by atoms with van der Waals surface area (Å²) in [6.45, 7) is 2.37. The monoisotopic (exact) mass is 422 g/mol. The predicted octanol–water partition coefficient (Wildman–Crippen LogP) is 0.649. The molecule has 3 aliphatic heterocycles. The first-order valence-corrected chi connectivity index (χ1v) is 10.5. The Morgan fingerprint density at radius 1 is 1.13 bits per heavy atom. The lowest BCUT2D eigenvalue weighted by Crippen LogP contribution is -2.81. The number of piperazine rings is 1. The number of carbonyl (C=O) groups is 2. The molecule has 2 amide bonds. The van der Waals surface area contributed by atoms with Crippen molar-refractivity contribution >= 4 is 11.8 Å². The van der Waals surface area contributed by atoms with E-state index in [1.165, 1.54) is 4.90 Å². The molecule has 0 aliphatic carbocycles. The molecule has 3 aliphatic rings. The molecule has 2 aromatic rings. The van der Waals surface area contributed by atoms with Crippen molar-refractivity contribution in [1.29, 1.82) is 0 Å². The summed E-state index contributed by atoms with van der Waals surface area (Å²) < 4.78 is 5.20. The van der Waals surface area contributed by atoms with Crippen molar-refractivity contribution in [2.45, 2.75) is 37.2 Å². The molecule has 0 bridgehead atoms. The summed E-state index contributed by atoms with van der Waals surface area (Å²) in [6.07, 6.45) is 3.35. The van der Waals surface area contributed by atoms with E-state index < -0.39 is 17.7 Å². The quantitative estimate of drug-likeness (QED) is 0.708. The van der Waals surface area contributed by atoms with Gasteiger partial charge < -0.3 is 9.84 Å². The minimum Gasteiger partial charge on any atom is -0.497 e. The molecule has 8 heteroatoms. The second-order valence-corrected chi connectivity index (χ2v) is 8.67. The highest BCUT2D eigenvalue weighted by molar-refractivity contribution is 6.06. The molecular formula is C23H26N4O4. The predicted molar refractivity (Wildman–Crippen MR) is 112 cm³/mol. The van der Waals surface area contributed by atoms with Crippen LogP contribution in [0.25, 0.3) is 0 Å². The van der Waals surface area contributed by atoms with E-state index in [0.717, 1.165) is 16.9 Å². The van der Waals surface area contributed by atoms with Crippen molar-refractivity contribution in [2.24, 2.45) is 0 Å². The summed E-state index contributed by atoms with van der Waals surface area (Å²) in [7, 11) is 1.60. The Hall–Kier alpha value is -2.81. The van der Waals surface area contributed by atoms with Crippen LogP contribution in [0.15, 0.2) is 48.8 Å². The molecule has 2 atom stereocenters. The third-order valence-electron chi connectivity index (χ3n) is 6.62. The van der Waals surface area contributed by atoms with Crippen LogP contribution in [0.1, 0.15) is 17.5 Å². The maximum Gasteiger partial charge on any atom is 0.252 e. The van der Waals surface area contributed by atoms with Crippen molar-refractivity contribution in [1.82, 2.24) is 19.7 Å². The molecule has 31 heavy (non-hydrogen) atoms. The van der Waals surface area contributed by atoms with Gasteiger partial charge in [-0.05, 0) is 35.7 Å². The lowest BCUT2D eigenvalue weighted by molar-refractivity contribution is -0.181. The zero-order valence-electron chi connectivity index (χ0n) is 17.5. The standard InChI is InChI=1S/C23H26N4O4/c1-31-19-6-4-16(5-7-19)12-26-21(29)20-9-18(28)13-27(20)23(22(26)30)14-25(15-23)11-17-3-2-8-24-10-17/h2-8,10,18,20,28H,9,11-15H2,1H3. The van der Waals surface area contributed by atoms with Gasteiger partial charge in [0.2, 0.25) is 5.91 Å². The lowest BCUT2D eigenvalue weighted by Gasteiger charge is -2.58. The maximum atomic E-state index is 13.6. The van der Waals surface area contributed by atoms with E-state index in [9.17, 15) is 14.7 Å². The van der Waals surface area contributed by atoms with Crippen molar-refractivity contribution < 1.29 is 19.4 Å². The van der Waals surface area contributed by atoms with Gasteiger partial charge in [-0.2, -0.15) is 0 Å². The highest BCUT2D eigenvalue weighted by atomic mass is 16.5. The van der Waals surface area contributed by atoms with Crippen LogP contribution in [-0.4, -0.2) is 81.0 Å². The Kier molecular flexibility index (Phi) is 5.00. The number of methoxy groups -OCH3 is 1. The number of imide groups is 1. The molecule has 0 radical (unpaired) electrons. The minimum atomic E-state index is -0.759. The number of β-amino-alcohol motifs (C(OH)–C–C–N with tert-alkyl or cyclic N) is 1. The first-order valence-electron chi connectivity index (χ1n) is 10.5. The van der Waals surface area contributed by atoms with Crippen LogP contribution in [0.2, 0.25) is 0 Å². The summed E-state index contributed by atoms with van der Waals surface area (Å²) in [5, 5.41) is 10.3. The first kappa shape index (κ1) is 20.1. The number of nitrogens with zero attached hydrogens (tertiary/aromatic N) is 4. The highest BCUT2D eigenvalue weighted by Crippen LogP contribution is 2.41. The van der Waals surface area contributed by atoms with Gasteiger partial charge in [0.25, 0.3) is 5.91 Å². The highest BCUT2D eigenvalue weighted by Gasteiger charge is 2.64. The SMILES string of the molecule is COc1ccc(CN2C(=O)C3CC(O)CN3C3(CN(Cc4cccnc4)C3)C2=O)cc1. The summed E-state index contributed by atoms with van der Waals surface area (Å²) in [4.78, 5) is 36.5. The van der Waals surface area contributed by atoms with Crippen LogP contribution in [0.4, 0.5) is 0 Å². The van der Waals surface area contributed by atoms with E-state index >= 15 is 0 Å². The Morgan fingerprint density at radius 2 is 1.90 bits per heavy atom. The summed E-state index contributed by atoms with van der Waals surface area (Å²) in [6, 6.07) is 10.9. The van der Waals surface area contributed by atoms with Gasteiger partial charge in [0.1, 0.15) is 11.3 Å². The van der Waals surface area contributed by atoms with Crippen LogP contribution in [0.5, 0.6) is 5.75 Å². The average Bonchev–Trinajstić information content (AvgIpc) is 3.16. The smallest absolute Gasteiger partial charge is 0.252 e. The zero-order chi connectivity index (χ0) is 21.6. The van der Waals surface area contributed by atoms with E-state index in [1.54, 1.807) is 13.3 Å². The number of rotatable bonds is 5. The van der Waals surface area contributed by atoms with Crippen LogP contribution in [0.3, 0.4) is 0 Å². The maximum absolute atomic E-state index is 13.6. The molecule has 0 saturated carbocycles. The van der Waals surface area contributed by atoms with Gasteiger partial charge in [0.05, 0.1) is 25.8 Å². The summed E-state index contributed by atoms with van der Waals surface area (Å²) in [5.74, 6) is 0.349. The number of benzene rings is 1. The number of fused-ring (bicyclic) bond motifs is 2.